The second-order valence-corrected chi connectivity index (χ2v) is 8.99. The molecule has 1 fully saturated rings. The minimum absolute atomic E-state index is 0.258. The van der Waals surface area contributed by atoms with Crippen LogP contribution in [0.5, 0.6) is 0 Å². The second kappa shape index (κ2) is 9.23. The summed E-state index contributed by atoms with van der Waals surface area (Å²) in [5.74, 6) is 0. The molecule has 4 aromatic carbocycles. The van der Waals surface area contributed by atoms with Gasteiger partial charge in [-0.05, 0) is 52.7 Å². The van der Waals surface area contributed by atoms with Gasteiger partial charge in [-0.2, -0.15) is 0 Å². The lowest BCUT2D eigenvalue weighted by Crippen LogP contribution is -2.34. The van der Waals surface area contributed by atoms with Gasteiger partial charge >= 0.3 is 7.12 Å². The van der Waals surface area contributed by atoms with Gasteiger partial charge in [-0.15, -0.1) is 0 Å². The summed E-state index contributed by atoms with van der Waals surface area (Å²) >= 11 is 0. The number of hydrogen-bond donors (Lipinski definition) is 0. The number of hydrogen-bond acceptors (Lipinski definition) is 2. The van der Waals surface area contributed by atoms with Crippen LogP contribution in [-0.4, -0.2) is 19.3 Å². The zero-order chi connectivity index (χ0) is 22.7. The summed E-state index contributed by atoms with van der Waals surface area (Å²) in [6, 6.07) is 40.5. The minimum Gasteiger partial charge on any atom is -0.404 e. The van der Waals surface area contributed by atoms with Crippen LogP contribution in [0, 0.1) is 0 Å². The predicted molar refractivity (Wildman–Crippen MR) is 137 cm³/mol. The Bertz CT molecular complexity index is 1190. The molecular formula is C30H27BO2. The van der Waals surface area contributed by atoms with Gasteiger partial charge in [0.05, 0.1) is 12.2 Å². The zero-order valence-electron chi connectivity index (χ0n) is 19.1. The van der Waals surface area contributed by atoms with E-state index in [0.717, 1.165) is 11.0 Å². The lowest BCUT2D eigenvalue weighted by molar-refractivity contribution is 0.137. The standard InChI is InChI=1S/C30H27BO2/c1-30(2)22-32-31(33-30)27-20-18-26(19-21-27)29(25-16-10-5-11-17-25)28(23-12-6-3-7-13-23)24-14-8-4-9-15-24/h3-21H,22H2,1-2H3. The SMILES string of the molecule is CC1(C)COB(c2ccc(C(=C(c3ccccc3)c3ccccc3)c3ccccc3)cc2)O1. The summed E-state index contributed by atoms with van der Waals surface area (Å²) in [6.07, 6.45) is 0. The first kappa shape index (κ1) is 21.5. The van der Waals surface area contributed by atoms with Crippen LogP contribution < -0.4 is 5.46 Å². The van der Waals surface area contributed by atoms with Crippen molar-refractivity contribution < 1.29 is 9.31 Å². The fourth-order valence-corrected chi connectivity index (χ4v) is 4.33. The maximum atomic E-state index is 6.07. The number of rotatable bonds is 5. The molecule has 0 N–H and O–H groups in total. The van der Waals surface area contributed by atoms with Crippen molar-refractivity contribution in [1.82, 2.24) is 0 Å². The highest BCUT2D eigenvalue weighted by Crippen LogP contribution is 2.36. The van der Waals surface area contributed by atoms with E-state index in [-0.39, 0.29) is 12.7 Å². The highest BCUT2D eigenvalue weighted by Gasteiger charge is 2.38. The van der Waals surface area contributed by atoms with Crippen molar-refractivity contribution >= 4 is 23.7 Å². The molecule has 0 aromatic heterocycles. The van der Waals surface area contributed by atoms with Crippen LogP contribution in [0.15, 0.2) is 115 Å². The van der Waals surface area contributed by atoms with E-state index in [9.17, 15) is 0 Å². The van der Waals surface area contributed by atoms with Gasteiger partial charge < -0.3 is 9.31 Å². The normalized spacial score (nSPS) is 14.8. The third-order valence-corrected chi connectivity index (χ3v) is 5.92. The van der Waals surface area contributed by atoms with Gasteiger partial charge in [0.15, 0.2) is 0 Å². The maximum Gasteiger partial charge on any atom is 0.494 e. The molecule has 3 heteroatoms. The highest BCUT2D eigenvalue weighted by atomic mass is 16.7. The zero-order valence-corrected chi connectivity index (χ0v) is 19.1. The molecule has 0 amide bonds. The molecule has 1 aliphatic heterocycles. The maximum absolute atomic E-state index is 6.07. The fraction of sp³-hybridized carbons (Fsp3) is 0.133. The van der Waals surface area contributed by atoms with E-state index < -0.39 is 0 Å². The van der Waals surface area contributed by atoms with Crippen molar-refractivity contribution in [2.75, 3.05) is 6.61 Å². The summed E-state index contributed by atoms with van der Waals surface area (Å²) in [4.78, 5) is 0. The van der Waals surface area contributed by atoms with E-state index in [1.165, 1.54) is 27.8 Å². The van der Waals surface area contributed by atoms with Crippen LogP contribution in [-0.2, 0) is 9.31 Å². The Labute approximate surface area is 196 Å². The monoisotopic (exact) mass is 430 g/mol. The van der Waals surface area contributed by atoms with Gasteiger partial charge in [-0.3, -0.25) is 0 Å². The van der Waals surface area contributed by atoms with Crippen LogP contribution in [0.3, 0.4) is 0 Å². The van der Waals surface area contributed by atoms with Gasteiger partial charge in [0.2, 0.25) is 0 Å². The van der Waals surface area contributed by atoms with E-state index in [0.29, 0.717) is 6.61 Å². The average Bonchev–Trinajstić information content (AvgIpc) is 3.24. The molecule has 33 heavy (non-hydrogen) atoms. The Balaban J connectivity index is 1.68. The molecule has 1 aliphatic rings. The predicted octanol–water partition coefficient (Wildman–Crippen LogP) is 6.21. The fourth-order valence-electron chi connectivity index (χ4n) is 4.33. The van der Waals surface area contributed by atoms with Crippen molar-refractivity contribution in [3.05, 3.63) is 138 Å². The number of benzene rings is 4. The Morgan fingerprint density at radius 1 is 0.576 bits per heavy atom. The smallest absolute Gasteiger partial charge is 0.404 e. The van der Waals surface area contributed by atoms with Crippen molar-refractivity contribution in [3.8, 4) is 0 Å². The molecule has 0 unspecified atom stereocenters. The largest absolute Gasteiger partial charge is 0.494 e. The highest BCUT2D eigenvalue weighted by molar-refractivity contribution is 6.61. The van der Waals surface area contributed by atoms with E-state index in [2.05, 4.69) is 129 Å². The van der Waals surface area contributed by atoms with Gasteiger partial charge in [0.1, 0.15) is 0 Å². The van der Waals surface area contributed by atoms with Crippen molar-refractivity contribution in [2.45, 2.75) is 19.4 Å². The molecule has 5 rings (SSSR count). The first-order valence-corrected chi connectivity index (χ1v) is 11.4. The average molecular weight is 430 g/mol. The van der Waals surface area contributed by atoms with E-state index in [1.807, 2.05) is 0 Å². The third kappa shape index (κ3) is 4.70. The minimum atomic E-state index is -0.319. The second-order valence-electron chi connectivity index (χ2n) is 8.99. The molecule has 2 nitrogen and oxygen atoms in total. The molecule has 1 heterocycles. The molecule has 4 aromatic rings. The van der Waals surface area contributed by atoms with E-state index in [1.54, 1.807) is 0 Å². The van der Waals surface area contributed by atoms with E-state index in [4.69, 9.17) is 9.31 Å². The van der Waals surface area contributed by atoms with E-state index >= 15 is 0 Å². The first-order chi connectivity index (χ1) is 16.1. The van der Waals surface area contributed by atoms with Gasteiger partial charge in [-0.1, -0.05) is 115 Å². The summed E-state index contributed by atoms with van der Waals surface area (Å²) in [5, 5.41) is 0. The molecule has 0 bridgehead atoms. The summed E-state index contributed by atoms with van der Waals surface area (Å²) < 4.78 is 12.0. The topological polar surface area (TPSA) is 18.5 Å². The van der Waals surface area contributed by atoms with Gasteiger partial charge in [-0.25, -0.2) is 0 Å². The third-order valence-electron chi connectivity index (χ3n) is 5.92. The van der Waals surface area contributed by atoms with Crippen molar-refractivity contribution in [1.29, 1.82) is 0 Å². The molecule has 0 spiro atoms. The Kier molecular flexibility index (Phi) is 6.00. The molecule has 1 saturated heterocycles. The van der Waals surface area contributed by atoms with Gasteiger partial charge in [0, 0.05) is 0 Å². The molecule has 0 radical (unpaired) electrons. The summed E-state index contributed by atoms with van der Waals surface area (Å²) in [5.41, 5.74) is 7.92. The van der Waals surface area contributed by atoms with Crippen molar-refractivity contribution in [3.63, 3.8) is 0 Å². The Morgan fingerprint density at radius 2 is 0.970 bits per heavy atom. The Morgan fingerprint density at radius 3 is 1.33 bits per heavy atom. The van der Waals surface area contributed by atoms with Crippen LogP contribution in [0.25, 0.3) is 11.1 Å². The molecule has 0 aliphatic carbocycles. The lowest BCUT2D eigenvalue weighted by Gasteiger charge is -2.19. The van der Waals surface area contributed by atoms with Crippen LogP contribution in [0.1, 0.15) is 36.1 Å². The van der Waals surface area contributed by atoms with Crippen LogP contribution in [0.4, 0.5) is 0 Å². The molecule has 0 saturated carbocycles. The van der Waals surface area contributed by atoms with Gasteiger partial charge in [0.25, 0.3) is 0 Å². The van der Waals surface area contributed by atoms with Crippen molar-refractivity contribution in [2.24, 2.45) is 0 Å². The van der Waals surface area contributed by atoms with Crippen LogP contribution >= 0.6 is 0 Å². The van der Waals surface area contributed by atoms with Crippen LogP contribution in [0.2, 0.25) is 0 Å². The summed E-state index contributed by atoms with van der Waals surface area (Å²) in [6.45, 7) is 4.72. The molecule has 162 valence electrons. The quantitative estimate of drug-likeness (QED) is 0.277. The Hall–Kier alpha value is -3.40. The summed E-state index contributed by atoms with van der Waals surface area (Å²) in [7, 11) is -0.319. The first-order valence-electron chi connectivity index (χ1n) is 11.4. The molecular weight excluding hydrogens is 403 g/mol. The lowest BCUT2D eigenvalue weighted by atomic mass is 9.77. The molecule has 0 atom stereocenters.